The van der Waals surface area contributed by atoms with Crippen molar-refractivity contribution < 1.29 is 18.3 Å². The zero-order chi connectivity index (χ0) is 13.0. The minimum atomic E-state index is -2.23. The number of benzene rings is 2. The second-order valence-electron chi connectivity index (χ2n) is 3.50. The molecule has 0 amide bonds. The lowest BCUT2D eigenvalue weighted by Crippen LogP contribution is -1.89. The first-order chi connectivity index (χ1) is 8.69. The molecule has 18 heavy (non-hydrogen) atoms. The van der Waals surface area contributed by atoms with E-state index in [0.717, 1.165) is 6.29 Å². The minimum Gasteiger partial charge on any atom is -0.768 e. The predicted octanol–water partition coefficient (Wildman–Crippen LogP) is 2.53. The van der Waals surface area contributed by atoms with Gasteiger partial charge in [-0.05, 0) is 59.6 Å². The first kappa shape index (κ1) is 12.5. The van der Waals surface area contributed by atoms with Gasteiger partial charge in [-0.2, -0.15) is 0 Å². The third-order valence-electron chi connectivity index (χ3n) is 2.27. The van der Waals surface area contributed by atoms with Crippen molar-refractivity contribution in [2.75, 3.05) is 0 Å². The van der Waals surface area contributed by atoms with Crippen LogP contribution in [0.25, 0.3) is 0 Å². The van der Waals surface area contributed by atoms with Crippen LogP contribution in [0, 0.1) is 0 Å². The van der Waals surface area contributed by atoms with E-state index in [-0.39, 0.29) is 4.90 Å². The molecule has 1 atom stereocenters. The van der Waals surface area contributed by atoms with Gasteiger partial charge < -0.3 is 9.29 Å². The van der Waals surface area contributed by atoms with Crippen molar-refractivity contribution in [1.82, 2.24) is 0 Å². The molecule has 4 nitrogen and oxygen atoms in total. The van der Waals surface area contributed by atoms with E-state index < -0.39 is 11.1 Å². The average Bonchev–Trinajstić information content (AvgIpc) is 2.40. The second-order valence-corrected chi connectivity index (χ2v) is 4.44. The zero-order valence-electron chi connectivity index (χ0n) is 9.24. The molecule has 0 aromatic heterocycles. The monoisotopic (exact) mass is 261 g/mol. The third-order valence-corrected chi connectivity index (χ3v) is 2.93. The molecule has 0 N–H and O–H groups in total. The van der Waals surface area contributed by atoms with Gasteiger partial charge in [0, 0.05) is 10.5 Å². The molecule has 2 aromatic carbocycles. The fourth-order valence-electron chi connectivity index (χ4n) is 1.37. The van der Waals surface area contributed by atoms with E-state index >= 15 is 0 Å². The van der Waals surface area contributed by atoms with Crippen molar-refractivity contribution in [3.63, 3.8) is 0 Å². The van der Waals surface area contributed by atoms with Crippen LogP contribution in [0.4, 0.5) is 0 Å². The highest BCUT2D eigenvalue weighted by Crippen LogP contribution is 2.22. The molecular formula is C13H9O4S-. The summed E-state index contributed by atoms with van der Waals surface area (Å²) in [5.74, 6) is 1.11. The Morgan fingerprint density at radius 1 is 0.944 bits per heavy atom. The Hall–Kier alpha value is -1.98. The van der Waals surface area contributed by atoms with Gasteiger partial charge in [-0.1, -0.05) is 0 Å². The molecule has 5 heteroatoms. The van der Waals surface area contributed by atoms with Crippen LogP contribution in [0.2, 0.25) is 0 Å². The summed E-state index contributed by atoms with van der Waals surface area (Å²) in [5.41, 5.74) is 0.569. The molecule has 92 valence electrons. The number of aldehydes is 1. The first-order valence-electron chi connectivity index (χ1n) is 5.11. The molecule has 0 saturated heterocycles. The maximum Gasteiger partial charge on any atom is 0.150 e. The molecular weight excluding hydrogens is 252 g/mol. The van der Waals surface area contributed by atoms with Crippen LogP contribution >= 0.6 is 0 Å². The molecule has 0 heterocycles. The third kappa shape index (κ3) is 3.03. The average molecular weight is 261 g/mol. The van der Waals surface area contributed by atoms with Crippen molar-refractivity contribution in [3.8, 4) is 11.5 Å². The van der Waals surface area contributed by atoms with Crippen molar-refractivity contribution in [3.05, 3.63) is 54.1 Å². The van der Waals surface area contributed by atoms with Crippen molar-refractivity contribution in [2.24, 2.45) is 0 Å². The van der Waals surface area contributed by atoms with Gasteiger partial charge in [0.15, 0.2) is 0 Å². The van der Waals surface area contributed by atoms with E-state index in [1.54, 1.807) is 36.4 Å². The fraction of sp³-hybridized carbons (Fsp3) is 0. The normalized spacial score (nSPS) is 11.8. The van der Waals surface area contributed by atoms with Gasteiger partial charge in [0.1, 0.15) is 17.8 Å². The molecule has 0 aliphatic heterocycles. The predicted molar refractivity (Wildman–Crippen MR) is 65.5 cm³/mol. The zero-order valence-corrected chi connectivity index (χ0v) is 10.1. The van der Waals surface area contributed by atoms with E-state index in [1.807, 2.05) is 0 Å². The molecule has 0 aliphatic rings. The Balaban J connectivity index is 2.12. The molecule has 0 saturated carbocycles. The molecule has 0 spiro atoms. The number of carbonyl (C=O) groups excluding carboxylic acids is 1. The molecule has 1 unspecified atom stereocenters. The van der Waals surface area contributed by atoms with Gasteiger partial charge >= 0.3 is 0 Å². The summed E-state index contributed by atoms with van der Waals surface area (Å²) in [5, 5.41) is 0. The Morgan fingerprint density at radius 2 is 1.44 bits per heavy atom. The number of ether oxygens (including phenoxy) is 1. The Kier molecular flexibility index (Phi) is 3.86. The van der Waals surface area contributed by atoms with Crippen LogP contribution in [0.5, 0.6) is 11.5 Å². The molecule has 0 fully saturated rings. The Labute approximate surface area is 107 Å². The largest absolute Gasteiger partial charge is 0.768 e. The molecule has 0 radical (unpaired) electrons. The summed E-state index contributed by atoms with van der Waals surface area (Å²) in [6.07, 6.45) is 0.752. The highest BCUT2D eigenvalue weighted by atomic mass is 32.2. The number of hydrogen-bond acceptors (Lipinski definition) is 4. The van der Waals surface area contributed by atoms with Gasteiger partial charge in [0.2, 0.25) is 0 Å². The van der Waals surface area contributed by atoms with E-state index in [1.165, 1.54) is 12.1 Å². The first-order valence-corrected chi connectivity index (χ1v) is 6.19. The number of rotatable bonds is 4. The lowest BCUT2D eigenvalue weighted by molar-refractivity contribution is 0.112. The van der Waals surface area contributed by atoms with Crippen molar-refractivity contribution in [2.45, 2.75) is 4.90 Å². The highest BCUT2D eigenvalue weighted by Gasteiger charge is 1.98. The van der Waals surface area contributed by atoms with Crippen LogP contribution in [-0.2, 0) is 11.1 Å². The van der Waals surface area contributed by atoms with E-state index in [0.29, 0.717) is 17.1 Å². The molecule has 2 aromatic rings. The van der Waals surface area contributed by atoms with Gasteiger partial charge in [0.05, 0.1) is 0 Å². The van der Waals surface area contributed by atoms with Crippen LogP contribution in [0.3, 0.4) is 0 Å². The van der Waals surface area contributed by atoms with Gasteiger partial charge in [-0.15, -0.1) is 0 Å². The van der Waals surface area contributed by atoms with E-state index in [4.69, 9.17) is 4.74 Å². The van der Waals surface area contributed by atoms with Gasteiger partial charge in [-0.3, -0.25) is 9.00 Å². The topological polar surface area (TPSA) is 66.4 Å². The second kappa shape index (κ2) is 5.57. The van der Waals surface area contributed by atoms with Crippen molar-refractivity contribution >= 4 is 17.4 Å². The van der Waals surface area contributed by atoms with Crippen LogP contribution in [-0.4, -0.2) is 15.0 Å². The SMILES string of the molecule is O=Cc1ccc(Oc2ccc(S(=O)[O-])cc2)cc1. The lowest BCUT2D eigenvalue weighted by atomic mass is 10.2. The standard InChI is InChI=1S/C13H10O4S/c14-9-10-1-3-11(4-2-10)17-12-5-7-13(8-6-12)18(15)16/h1-9H,(H,15,16)/p-1. The smallest absolute Gasteiger partial charge is 0.150 e. The quantitative estimate of drug-likeness (QED) is 0.626. The van der Waals surface area contributed by atoms with E-state index in [9.17, 15) is 13.6 Å². The summed E-state index contributed by atoms with van der Waals surface area (Å²) >= 11 is -2.23. The maximum atomic E-state index is 10.7. The Bertz CT molecular complexity index is 561. The summed E-state index contributed by atoms with van der Waals surface area (Å²) in [7, 11) is 0. The summed E-state index contributed by atoms with van der Waals surface area (Å²) < 4.78 is 26.8. The van der Waals surface area contributed by atoms with Crippen LogP contribution in [0.15, 0.2) is 53.4 Å². The fourth-order valence-corrected chi connectivity index (χ4v) is 1.73. The summed E-state index contributed by atoms with van der Waals surface area (Å²) in [6, 6.07) is 12.7. The number of hydrogen-bond donors (Lipinski definition) is 0. The van der Waals surface area contributed by atoms with Crippen LogP contribution in [0.1, 0.15) is 10.4 Å². The van der Waals surface area contributed by atoms with Crippen molar-refractivity contribution in [1.29, 1.82) is 0 Å². The van der Waals surface area contributed by atoms with E-state index in [2.05, 4.69) is 0 Å². The van der Waals surface area contributed by atoms with Crippen LogP contribution < -0.4 is 4.74 Å². The summed E-state index contributed by atoms with van der Waals surface area (Å²) in [4.78, 5) is 10.7. The molecule has 0 bridgehead atoms. The number of carbonyl (C=O) groups is 1. The molecule has 2 rings (SSSR count). The molecule has 0 aliphatic carbocycles. The summed E-state index contributed by atoms with van der Waals surface area (Å²) in [6.45, 7) is 0. The Morgan fingerprint density at radius 3 is 1.89 bits per heavy atom. The maximum absolute atomic E-state index is 10.7. The minimum absolute atomic E-state index is 0.207. The lowest BCUT2D eigenvalue weighted by Gasteiger charge is -2.08. The van der Waals surface area contributed by atoms with Gasteiger partial charge in [0.25, 0.3) is 0 Å². The highest BCUT2D eigenvalue weighted by molar-refractivity contribution is 7.79. The van der Waals surface area contributed by atoms with Gasteiger partial charge in [-0.25, -0.2) is 0 Å².